The van der Waals surface area contributed by atoms with Crippen LogP contribution in [0, 0.1) is 22.7 Å². The average Bonchev–Trinajstić information content (AvgIpc) is 3.26. The number of hydrogen-bond donors (Lipinski definition) is 2. The number of rotatable bonds is 11. The highest BCUT2D eigenvalue weighted by Gasteiger charge is 2.49. The van der Waals surface area contributed by atoms with Crippen LogP contribution < -0.4 is 0 Å². The van der Waals surface area contributed by atoms with Crippen molar-refractivity contribution in [2.75, 3.05) is 12.7 Å². The summed E-state index contributed by atoms with van der Waals surface area (Å²) in [7, 11) is -4.13. The Kier molecular flexibility index (Phi) is 10.1. The number of likely N-dealkylation sites (tertiary alicyclic amines) is 1. The first-order valence-corrected chi connectivity index (χ1v) is 15.6. The number of carboxylic acid groups (broad SMARTS) is 1. The van der Waals surface area contributed by atoms with E-state index in [1.807, 2.05) is 0 Å². The summed E-state index contributed by atoms with van der Waals surface area (Å²) >= 11 is 0.556. The highest BCUT2D eigenvalue weighted by Crippen LogP contribution is 2.62. The molecule has 0 aromatic rings. The molecule has 10 heteroatoms. The minimum atomic E-state index is -4.13. The lowest BCUT2D eigenvalue weighted by Crippen LogP contribution is -2.43. The Labute approximate surface area is 207 Å². The molecule has 2 N–H and O–H groups in total. The third kappa shape index (κ3) is 6.85. The molecular weight excluding hydrogens is 475 g/mol. The van der Waals surface area contributed by atoms with Crippen LogP contribution >= 0.6 is 19.3 Å². The molecule has 1 saturated heterocycles. The molecule has 0 spiro atoms. The van der Waals surface area contributed by atoms with Gasteiger partial charge in [0.1, 0.15) is 16.7 Å². The van der Waals surface area contributed by atoms with Gasteiger partial charge in [0.2, 0.25) is 13.3 Å². The van der Waals surface area contributed by atoms with E-state index >= 15 is 0 Å². The maximum atomic E-state index is 13.5. The van der Waals surface area contributed by atoms with Crippen LogP contribution in [0.2, 0.25) is 0 Å². The summed E-state index contributed by atoms with van der Waals surface area (Å²) in [5.41, 5.74) is 0. The molecule has 1 amide bonds. The molecule has 0 radical (unpaired) electrons. The van der Waals surface area contributed by atoms with Gasteiger partial charge in [-0.3, -0.25) is 9.36 Å². The van der Waals surface area contributed by atoms with Gasteiger partial charge in [0, 0.05) is 23.1 Å². The number of nitrogens with zero attached hydrogens (tertiary/aromatic N) is 2. The number of aliphatic carboxylic acids is 1. The van der Waals surface area contributed by atoms with Crippen molar-refractivity contribution in [3.63, 3.8) is 0 Å². The molecule has 3 aliphatic rings. The fourth-order valence-corrected chi connectivity index (χ4v) is 8.92. The lowest BCUT2D eigenvalue weighted by molar-refractivity contribution is -0.147. The zero-order valence-electron chi connectivity index (χ0n) is 20.4. The fraction of sp³-hybridized carbons (Fsp3) is 0.917. The predicted octanol–water partition coefficient (Wildman–Crippen LogP) is 6.02. The first-order chi connectivity index (χ1) is 16.2. The molecule has 2 saturated carbocycles. The summed E-state index contributed by atoms with van der Waals surface area (Å²) in [6, 6.07) is -0.950. The van der Waals surface area contributed by atoms with Crippen LogP contribution in [-0.2, 0) is 14.2 Å². The van der Waals surface area contributed by atoms with Crippen LogP contribution in [-0.4, -0.2) is 50.0 Å². The van der Waals surface area contributed by atoms with E-state index in [0.717, 1.165) is 32.1 Å². The number of amides is 1. The zero-order valence-corrected chi connectivity index (χ0v) is 22.1. The molecule has 34 heavy (non-hydrogen) atoms. The molecule has 1 aliphatic heterocycles. The van der Waals surface area contributed by atoms with Gasteiger partial charge in [0.05, 0.1) is 0 Å². The molecule has 2 aliphatic carbocycles. The highest BCUT2D eigenvalue weighted by molar-refractivity contribution is 8.05. The second-order valence-electron chi connectivity index (χ2n) is 10.9. The molecule has 8 nitrogen and oxygen atoms in total. The first kappa shape index (κ1) is 27.7. The minimum Gasteiger partial charge on any atom is -0.480 e. The maximum Gasteiger partial charge on any atom is 0.326 e. The van der Waals surface area contributed by atoms with Crippen molar-refractivity contribution in [2.24, 2.45) is 22.3 Å². The molecule has 1 heterocycles. The molecule has 3 unspecified atom stereocenters. The van der Waals surface area contributed by atoms with E-state index in [2.05, 4.69) is 4.58 Å². The normalized spacial score (nSPS) is 28.2. The topological polar surface area (TPSA) is 124 Å². The van der Waals surface area contributed by atoms with Gasteiger partial charge < -0.3 is 14.9 Å². The fourth-order valence-electron chi connectivity index (χ4n) is 6.33. The average molecular weight is 517 g/mol. The van der Waals surface area contributed by atoms with E-state index < -0.39 is 35.9 Å². The Morgan fingerprint density at radius 2 is 1.68 bits per heavy atom. The van der Waals surface area contributed by atoms with Crippen molar-refractivity contribution in [3.05, 3.63) is 4.91 Å². The molecule has 194 valence electrons. The summed E-state index contributed by atoms with van der Waals surface area (Å²) < 4.78 is 15.0. The smallest absolute Gasteiger partial charge is 0.326 e. The Morgan fingerprint density at radius 1 is 1.06 bits per heavy atom. The van der Waals surface area contributed by atoms with Crippen LogP contribution in [0.15, 0.2) is 4.58 Å². The van der Waals surface area contributed by atoms with Gasteiger partial charge in [-0.25, -0.2) is 4.79 Å². The lowest BCUT2D eigenvalue weighted by Gasteiger charge is -2.33. The summed E-state index contributed by atoms with van der Waals surface area (Å²) in [6.45, 7) is 1.88. The monoisotopic (exact) mass is 516 g/mol. The Bertz CT molecular complexity index is 771. The lowest BCUT2D eigenvalue weighted by atomic mass is 9.79. The molecule has 3 fully saturated rings. The Hall–Kier alpha value is -0.920. The van der Waals surface area contributed by atoms with Crippen LogP contribution in [0.5, 0.6) is 0 Å². The van der Waals surface area contributed by atoms with Crippen LogP contribution in [0.4, 0.5) is 0 Å². The van der Waals surface area contributed by atoms with Crippen LogP contribution in [0.1, 0.15) is 96.8 Å². The molecule has 0 bridgehead atoms. The van der Waals surface area contributed by atoms with E-state index in [0.29, 0.717) is 49.6 Å². The van der Waals surface area contributed by atoms with E-state index in [1.165, 1.54) is 43.4 Å². The first-order valence-electron chi connectivity index (χ1n) is 13.0. The number of nitroso groups, excluding NO2 is 1. The number of carbonyl (C=O) groups excluding carboxylic acids is 1. The second kappa shape index (κ2) is 12.4. The van der Waals surface area contributed by atoms with E-state index in [4.69, 9.17) is 0 Å². The van der Waals surface area contributed by atoms with Crippen molar-refractivity contribution in [3.8, 4) is 0 Å². The molecule has 0 aromatic carbocycles. The standard InChI is InChI=1S/C24H41N2O6PS/c1-24(34-25-30,14-8-11-18-9-4-2-5-10-18)33(31,32)17-22(27)26-16-20(15-21(26)23(28)29)19-12-6-3-7-13-19/h18-21H,2-17H2,1H3,(H,28,29)(H,31,32)/t20?,21-,24?/m0/s1. The van der Waals surface area contributed by atoms with Crippen molar-refractivity contribution >= 4 is 31.2 Å². The second-order valence-corrected chi connectivity index (χ2v) is 15.1. The third-order valence-electron chi connectivity index (χ3n) is 8.56. The van der Waals surface area contributed by atoms with Crippen molar-refractivity contribution in [1.82, 2.24) is 4.90 Å². The van der Waals surface area contributed by atoms with Gasteiger partial charge in [-0.05, 0) is 37.5 Å². The van der Waals surface area contributed by atoms with Crippen LogP contribution in [0.3, 0.4) is 0 Å². The van der Waals surface area contributed by atoms with Gasteiger partial charge in [-0.15, -0.1) is 4.91 Å². The maximum absolute atomic E-state index is 13.5. The Balaban J connectivity index is 1.64. The van der Waals surface area contributed by atoms with E-state index in [-0.39, 0.29) is 5.92 Å². The molecule has 3 rings (SSSR count). The van der Waals surface area contributed by atoms with E-state index in [9.17, 15) is 29.1 Å². The minimum absolute atomic E-state index is 0.122. The van der Waals surface area contributed by atoms with E-state index in [1.54, 1.807) is 6.92 Å². The summed E-state index contributed by atoms with van der Waals surface area (Å²) in [5, 5.41) is 9.75. The summed E-state index contributed by atoms with van der Waals surface area (Å²) in [6.07, 6.45) is 13.4. The number of carboxylic acids is 1. The van der Waals surface area contributed by atoms with Gasteiger partial charge in [-0.1, -0.05) is 77.0 Å². The molecular formula is C24H41N2O6PS. The van der Waals surface area contributed by atoms with Crippen LogP contribution in [0.25, 0.3) is 0 Å². The highest BCUT2D eigenvalue weighted by atomic mass is 32.2. The predicted molar refractivity (Wildman–Crippen MR) is 135 cm³/mol. The van der Waals surface area contributed by atoms with Crippen molar-refractivity contribution in [2.45, 2.75) is 107 Å². The third-order valence-corrected chi connectivity index (χ3v) is 12.7. The Morgan fingerprint density at radius 3 is 2.26 bits per heavy atom. The molecule has 0 aromatic heterocycles. The van der Waals surface area contributed by atoms with Gasteiger partial charge in [0.15, 0.2) is 0 Å². The number of hydrogen-bond acceptors (Lipinski definition) is 6. The summed E-state index contributed by atoms with van der Waals surface area (Å²) in [4.78, 5) is 48.6. The quantitative estimate of drug-likeness (QED) is 0.195. The number of carbonyl (C=O) groups is 2. The van der Waals surface area contributed by atoms with Crippen molar-refractivity contribution < 1.29 is 24.2 Å². The zero-order chi connectivity index (χ0) is 24.8. The largest absolute Gasteiger partial charge is 0.480 e. The van der Waals surface area contributed by atoms with Gasteiger partial charge in [0.25, 0.3) is 0 Å². The van der Waals surface area contributed by atoms with Crippen molar-refractivity contribution in [1.29, 1.82) is 0 Å². The molecule has 4 atom stereocenters. The van der Waals surface area contributed by atoms with Gasteiger partial charge in [-0.2, -0.15) is 0 Å². The SMILES string of the molecule is CC(CCCC1CCCCC1)(SN=O)P(=O)(O)CC(=O)N1CC(C2CCCCC2)C[C@H]1C(=O)O. The summed E-state index contributed by atoms with van der Waals surface area (Å²) in [5.74, 6) is -0.504. The van der Waals surface area contributed by atoms with Gasteiger partial charge >= 0.3 is 5.97 Å².